The number of benzene rings is 2. The minimum Gasteiger partial charge on any atom is -0.508 e. The van der Waals surface area contributed by atoms with Gasteiger partial charge in [0.1, 0.15) is 12.1 Å². The number of aromatic nitrogens is 3. The van der Waals surface area contributed by atoms with Crippen molar-refractivity contribution in [2.45, 2.75) is 57.8 Å². The number of carboxylic acids is 1. The summed E-state index contributed by atoms with van der Waals surface area (Å²) in [6.45, 7) is 13.0. The second kappa shape index (κ2) is 11.7. The Balaban J connectivity index is 1.69. The summed E-state index contributed by atoms with van der Waals surface area (Å²) in [5.74, 6) is -0.122. The van der Waals surface area contributed by atoms with Crippen molar-refractivity contribution < 1.29 is 15.0 Å². The van der Waals surface area contributed by atoms with Crippen LogP contribution in [0.3, 0.4) is 0 Å². The van der Waals surface area contributed by atoms with Gasteiger partial charge in [-0.15, -0.1) is 6.58 Å². The smallest absolute Gasteiger partial charge is 0.328 e. The lowest BCUT2D eigenvalue weighted by atomic mass is 9.92. The number of nitrogens with zero attached hydrogens (tertiary/aromatic N) is 5. The van der Waals surface area contributed by atoms with E-state index in [0.717, 1.165) is 42.7 Å². The number of hydrogen-bond donors (Lipinski definition) is 2. The summed E-state index contributed by atoms with van der Waals surface area (Å²) in [5, 5.41) is 24.2. The van der Waals surface area contributed by atoms with Crippen molar-refractivity contribution >= 4 is 5.97 Å². The molecule has 0 saturated carbocycles. The Bertz CT molecular complexity index is 1210. The molecular formula is C29H37N5O3. The lowest BCUT2D eigenvalue weighted by Gasteiger charge is -2.47. The van der Waals surface area contributed by atoms with E-state index in [9.17, 15) is 15.0 Å². The van der Waals surface area contributed by atoms with Gasteiger partial charge < -0.3 is 10.2 Å². The number of piperazine rings is 1. The largest absolute Gasteiger partial charge is 0.508 e. The van der Waals surface area contributed by atoms with Crippen LogP contribution in [-0.4, -0.2) is 72.5 Å². The zero-order valence-corrected chi connectivity index (χ0v) is 21.9. The first-order chi connectivity index (χ1) is 17.8. The van der Waals surface area contributed by atoms with Gasteiger partial charge in [-0.2, -0.15) is 5.10 Å². The van der Waals surface area contributed by atoms with Crippen LogP contribution in [0.1, 0.15) is 56.8 Å². The van der Waals surface area contributed by atoms with E-state index in [1.165, 1.54) is 11.0 Å². The van der Waals surface area contributed by atoms with Crippen molar-refractivity contribution in [1.82, 2.24) is 24.6 Å². The number of hydrogen-bond acceptors (Lipinski definition) is 6. The topological polar surface area (TPSA) is 94.7 Å². The highest BCUT2D eigenvalue weighted by atomic mass is 16.4. The average Bonchev–Trinajstić information content (AvgIpc) is 3.35. The maximum Gasteiger partial charge on any atom is 0.328 e. The lowest BCUT2D eigenvalue weighted by molar-refractivity contribution is -0.141. The van der Waals surface area contributed by atoms with Gasteiger partial charge in [0, 0.05) is 37.3 Å². The molecular weight excluding hydrogens is 466 g/mol. The minimum atomic E-state index is -0.909. The summed E-state index contributed by atoms with van der Waals surface area (Å²) in [5.41, 5.74) is 2.94. The fraction of sp³-hybridized carbons (Fsp3) is 0.414. The summed E-state index contributed by atoms with van der Waals surface area (Å²) >= 11 is 0. The van der Waals surface area contributed by atoms with Crippen LogP contribution in [-0.2, 0) is 4.79 Å². The highest BCUT2D eigenvalue weighted by Crippen LogP contribution is 2.35. The van der Waals surface area contributed by atoms with E-state index in [1.807, 2.05) is 37.3 Å². The van der Waals surface area contributed by atoms with Crippen molar-refractivity contribution in [2.24, 2.45) is 0 Å². The van der Waals surface area contributed by atoms with Gasteiger partial charge in [-0.3, -0.25) is 9.80 Å². The molecule has 1 saturated heterocycles. The quantitative estimate of drug-likeness (QED) is 0.386. The van der Waals surface area contributed by atoms with Crippen molar-refractivity contribution in [3.8, 4) is 17.1 Å². The van der Waals surface area contributed by atoms with E-state index in [0.29, 0.717) is 18.3 Å². The van der Waals surface area contributed by atoms with Crippen molar-refractivity contribution in [2.75, 3.05) is 19.6 Å². The number of aromatic hydroxyl groups is 1. The van der Waals surface area contributed by atoms with Crippen LogP contribution < -0.4 is 0 Å². The predicted molar refractivity (Wildman–Crippen MR) is 144 cm³/mol. The normalized spacial score (nSPS) is 20.4. The van der Waals surface area contributed by atoms with Gasteiger partial charge in [0.2, 0.25) is 0 Å². The molecule has 4 atom stereocenters. The zero-order valence-electron chi connectivity index (χ0n) is 21.9. The fourth-order valence-electron chi connectivity index (χ4n) is 5.40. The Labute approximate surface area is 218 Å². The molecule has 2 aromatic carbocycles. The third-order valence-electron chi connectivity index (χ3n) is 7.24. The van der Waals surface area contributed by atoms with Crippen LogP contribution in [0.5, 0.6) is 5.75 Å². The third kappa shape index (κ3) is 5.76. The van der Waals surface area contributed by atoms with Crippen molar-refractivity contribution in [1.29, 1.82) is 0 Å². The first-order valence-corrected chi connectivity index (χ1v) is 13.0. The highest BCUT2D eigenvalue weighted by molar-refractivity contribution is 5.73. The van der Waals surface area contributed by atoms with E-state index in [-0.39, 0.29) is 17.8 Å². The van der Waals surface area contributed by atoms with Crippen LogP contribution in [0.4, 0.5) is 0 Å². The van der Waals surface area contributed by atoms with Gasteiger partial charge in [0.25, 0.3) is 0 Å². The Morgan fingerprint density at radius 1 is 1.14 bits per heavy atom. The molecule has 1 aliphatic rings. The van der Waals surface area contributed by atoms with E-state index >= 15 is 0 Å². The maximum absolute atomic E-state index is 11.9. The molecule has 4 rings (SSSR count). The number of carboxylic acid groups (broad SMARTS) is 1. The summed E-state index contributed by atoms with van der Waals surface area (Å²) in [4.78, 5) is 21.2. The number of phenols is 1. The molecule has 2 heterocycles. The third-order valence-corrected chi connectivity index (χ3v) is 7.24. The van der Waals surface area contributed by atoms with E-state index in [2.05, 4.69) is 58.5 Å². The van der Waals surface area contributed by atoms with Crippen LogP contribution >= 0.6 is 0 Å². The first-order valence-electron chi connectivity index (χ1n) is 13.0. The molecule has 8 heteroatoms. The van der Waals surface area contributed by atoms with Gasteiger partial charge in [0.15, 0.2) is 11.9 Å². The summed E-state index contributed by atoms with van der Waals surface area (Å²) in [7, 11) is 0. The van der Waals surface area contributed by atoms with Gasteiger partial charge in [0.05, 0.1) is 6.04 Å². The number of carbonyl (C=O) groups is 1. The molecule has 2 N–H and O–H groups in total. The van der Waals surface area contributed by atoms with E-state index < -0.39 is 12.0 Å². The molecule has 0 amide bonds. The van der Waals surface area contributed by atoms with Crippen molar-refractivity contribution in [3.63, 3.8) is 0 Å². The predicted octanol–water partition coefficient (Wildman–Crippen LogP) is 4.75. The Hall–Kier alpha value is -3.49. The zero-order chi connectivity index (χ0) is 26.5. The minimum absolute atomic E-state index is 0.0470. The Morgan fingerprint density at radius 3 is 2.54 bits per heavy atom. The van der Waals surface area contributed by atoms with Crippen molar-refractivity contribution in [3.05, 3.63) is 78.6 Å². The Morgan fingerprint density at radius 2 is 1.89 bits per heavy atom. The second-order valence-corrected chi connectivity index (χ2v) is 9.93. The summed E-state index contributed by atoms with van der Waals surface area (Å²) in [6.07, 6.45) is 4.59. The average molecular weight is 504 g/mol. The van der Waals surface area contributed by atoms with Crippen LogP contribution in [0.25, 0.3) is 11.4 Å². The molecule has 1 fully saturated rings. The van der Waals surface area contributed by atoms with Gasteiger partial charge in [-0.05, 0) is 43.5 Å². The molecule has 1 aliphatic heterocycles. The van der Waals surface area contributed by atoms with Crippen LogP contribution in [0.2, 0.25) is 0 Å². The lowest BCUT2D eigenvalue weighted by Crippen LogP contribution is -2.57. The standard InChI is InChI=1S/C29H37N5O3/c1-5-8-26(29(36)37)34-28(30-19-31-34)23-13-11-22(12-14-23)27(24-9-7-10-25(35)16-24)33-18-20(3)32(15-6-2)17-21(33)4/h6-7,9-14,16,19-21,26-27,35H,2,5,8,15,17-18H2,1,3-4H3,(H,36,37)/t20-,21+,26?,27-/m1/s1. The summed E-state index contributed by atoms with van der Waals surface area (Å²) in [6, 6.07) is 15.4. The van der Waals surface area contributed by atoms with Gasteiger partial charge >= 0.3 is 5.97 Å². The Kier molecular flexibility index (Phi) is 8.41. The molecule has 0 radical (unpaired) electrons. The molecule has 37 heavy (non-hydrogen) atoms. The number of rotatable bonds is 10. The second-order valence-electron chi connectivity index (χ2n) is 9.93. The molecule has 0 bridgehead atoms. The fourth-order valence-corrected chi connectivity index (χ4v) is 5.40. The monoisotopic (exact) mass is 503 g/mol. The summed E-state index contributed by atoms with van der Waals surface area (Å²) < 4.78 is 1.51. The number of phenolic OH excluding ortho intramolecular Hbond substituents is 1. The molecule has 0 spiro atoms. The molecule has 1 aromatic heterocycles. The molecule has 3 aromatic rings. The van der Waals surface area contributed by atoms with Gasteiger partial charge in [-0.25, -0.2) is 14.5 Å². The molecule has 8 nitrogen and oxygen atoms in total. The van der Waals surface area contributed by atoms with Gasteiger partial charge in [-0.1, -0.05) is 55.8 Å². The van der Waals surface area contributed by atoms with E-state index in [4.69, 9.17) is 0 Å². The van der Waals surface area contributed by atoms with Crippen LogP contribution in [0, 0.1) is 0 Å². The van der Waals surface area contributed by atoms with Crippen LogP contribution in [0.15, 0.2) is 67.5 Å². The highest BCUT2D eigenvalue weighted by Gasteiger charge is 2.34. The molecule has 1 unspecified atom stereocenters. The SMILES string of the molecule is C=CCN1C[C@H](C)N([C@H](c2ccc(-c3ncnn3C(CCC)C(=O)O)cc2)c2cccc(O)c2)C[C@H]1C. The first kappa shape index (κ1) is 26.6. The number of aliphatic carboxylic acids is 1. The van der Waals surface area contributed by atoms with E-state index in [1.54, 1.807) is 6.07 Å². The maximum atomic E-state index is 11.9. The molecule has 0 aliphatic carbocycles. The molecule has 196 valence electrons.